The molecule has 3 atom stereocenters. The van der Waals surface area contributed by atoms with Crippen molar-refractivity contribution in [2.75, 3.05) is 37.8 Å². The van der Waals surface area contributed by atoms with Gasteiger partial charge in [0.05, 0.1) is 18.4 Å². The van der Waals surface area contributed by atoms with E-state index in [1.165, 1.54) is 42.7 Å². The lowest BCUT2D eigenvalue weighted by molar-refractivity contribution is -0.377. The number of hydrogen-bond acceptors (Lipinski definition) is 11. The minimum Gasteiger partial charge on any atom is -0.870 e. The number of aromatic nitrogens is 1. The lowest BCUT2D eigenvalue weighted by atomic mass is 9.86. The number of rotatable bonds is 18. The molecule has 13 nitrogen and oxygen atoms in total. The molecule has 1 aliphatic carbocycles. The Morgan fingerprint density at radius 3 is 2.28 bits per heavy atom. The highest BCUT2D eigenvalue weighted by atomic mass is 35.5. The number of halogens is 4. The van der Waals surface area contributed by atoms with Crippen LogP contribution in [-0.2, 0) is 37.3 Å². The van der Waals surface area contributed by atoms with Crippen LogP contribution in [0.5, 0.6) is 11.5 Å². The van der Waals surface area contributed by atoms with Crippen molar-refractivity contribution in [2.24, 2.45) is 11.8 Å². The molecule has 4 N–H and O–H groups in total. The van der Waals surface area contributed by atoms with Gasteiger partial charge in [-0.3, -0.25) is 4.90 Å². The molecular formula is C42H46Cl2F2N4O9S. The van der Waals surface area contributed by atoms with E-state index in [4.69, 9.17) is 42.1 Å². The molecule has 1 aromatic heterocycles. The van der Waals surface area contributed by atoms with E-state index in [0.29, 0.717) is 47.0 Å². The fourth-order valence-corrected chi connectivity index (χ4v) is 8.33. The SMILES string of the molecule is CS(=O)(=O)NCc1cc(NC(C(=O)O[C@H]2CN3CCC2CC3)c2ccccc2)cc(C(=O)O[C@@H](Cc2c(Cl)c[nH+]cc2Cl)c2ccc(OC(F)F)c(OCC3CC3)c2)c1.[OH-]. The number of nitrogens with zero attached hydrogens (tertiary/aromatic N) is 1. The predicted octanol–water partition coefficient (Wildman–Crippen LogP) is 7.00. The summed E-state index contributed by atoms with van der Waals surface area (Å²) in [5.41, 5.74) is 2.16. The van der Waals surface area contributed by atoms with Crippen LogP contribution >= 0.6 is 23.2 Å². The van der Waals surface area contributed by atoms with Crippen LogP contribution in [-0.4, -0.2) is 75.9 Å². The first kappa shape index (κ1) is 45.0. The lowest BCUT2D eigenvalue weighted by Crippen LogP contribution is -2.52. The molecule has 4 aromatic rings. The van der Waals surface area contributed by atoms with Crippen LogP contribution in [0.1, 0.15) is 70.4 Å². The maximum Gasteiger partial charge on any atom is 0.387 e. The Labute approximate surface area is 357 Å². The average molecular weight is 892 g/mol. The topological polar surface area (TPSA) is 177 Å². The Balaban J connectivity index is 0.00000604. The maximum atomic E-state index is 14.3. The van der Waals surface area contributed by atoms with Crippen LogP contribution in [0.15, 0.2) is 79.1 Å². The van der Waals surface area contributed by atoms with Crippen molar-refractivity contribution in [1.29, 1.82) is 0 Å². The number of ether oxygens (including phenoxy) is 4. The Hall–Kier alpha value is -4.58. The highest BCUT2D eigenvalue weighted by molar-refractivity contribution is 7.88. The summed E-state index contributed by atoms with van der Waals surface area (Å²) in [5.74, 6) is -0.887. The standard InChI is InChI=1S/C42H44Cl2F2N4O8S.H2O/c1-59(53,54)48-20-26-15-30(17-31(16-26)49-39(28-5-3-2-4-6-28)41(52)57-38-23-50-13-11-27(38)12-14-50)40(51)56-36(19-32-33(43)21-47-22-34(32)44)29-9-10-35(58-42(45)46)37(18-29)55-24-25-7-8-25;/h2-6,9-10,15-18,21-22,25,27,36,38-39,42,48-49H,7-8,11-14,19-20,23-24H2,1H3;1H2/t36-,38-,39?;/m0./s1. The summed E-state index contributed by atoms with van der Waals surface area (Å²) in [6.07, 6.45) is 6.49. The van der Waals surface area contributed by atoms with Gasteiger partial charge in [0.1, 0.15) is 22.3 Å². The first-order chi connectivity index (χ1) is 28.3. The second-order valence-electron chi connectivity index (χ2n) is 15.2. The molecule has 3 saturated heterocycles. The maximum absolute atomic E-state index is 14.3. The summed E-state index contributed by atoms with van der Waals surface area (Å²) in [6, 6.07) is 17.0. The molecule has 1 unspecified atom stereocenters. The Kier molecular flexibility index (Phi) is 14.9. The molecular weight excluding hydrogens is 845 g/mol. The van der Waals surface area contributed by atoms with Crippen molar-refractivity contribution in [2.45, 2.75) is 63.5 Å². The van der Waals surface area contributed by atoms with Gasteiger partial charge in [-0.25, -0.2) is 27.7 Å². The number of esters is 2. The van der Waals surface area contributed by atoms with Crippen LogP contribution in [0.25, 0.3) is 0 Å². The number of sulfonamides is 1. The minimum absolute atomic E-state index is 0. The van der Waals surface area contributed by atoms with Gasteiger partial charge in [0.15, 0.2) is 29.9 Å². The van der Waals surface area contributed by atoms with Crippen molar-refractivity contribution in [3.63, 3.8) is 0 Å². The molecule has 0 radical (unpaired) electrons. The van der Waals surface area contributed by atoms with E-state index in [9.17, 15) is 26.8 Å². The normalized spacial score (nSPS) is 19.5. The highest BCUT2D eigenvalue weighted by Crippen LogP contribution is 2.39. The molecule has 4 fully saturated rings. The molecule has 4 heterocycles. The van der Waals surface area contributed by atoms with Crippen LogP contribution in [0.4, 0.5) is 14.5 Å². The number of nitrogens with one attached hydrogen (secondary N) is 3. The Bertz CT molecular complexity index is 2230. The molecule has 3 aliphatic heterocycles. The van der Waals surface area contributed by atoms with Gasteiger partial charge in [-0.1, -0.05) is 59.6 Å². The molecule has 8 rings (SSSR count). The van der Waals surface area contributed by atoms with Crippen molar-refractivity contribution >= 4 is 50.9 Å². The summed E-state index contributed by atoms with van der Waals surface area (Å²) < 4.78 is 76.6. The highest BCUT2D eigenvalue weighted by Gasteiger charge is 2.38. The van der Waals surface area contributed by atoms with Crippen LogP contribution in [0.3, 0.4) is 0 Å². The summed E-state index contributed by atoms with van der Waals surface area (Å²) >= 11 is 13.1. The number of pyridine rings is 1. The second-order valence-corrected chi connectivity index (χ2v) is 17.8. The third kappa shape index (κ3) is 12.0. The number of aromatic amines is 1. The smallest absolute Gasteiger partial charge is 0.387 e. The van der Waals surface area contributed by atoms with Gasteiger partial charge in [0.2, 0.25) is 10.0 Å². The fraction of sp³-hybridized carbons (Fsp3) is 0.405. The van der Waals surface area contributed by atoms with Gasteiger partial charge in [0, 0.05) is 30.8 Å². The quantitative estimate of drug-likeness (QED) is 0.0984. The average Bonchev–Trinajstić information content (AvgIpc) is 4.05. The number of benzene rings is 3. The van der Waals surface area contributed by atoms with Crippen LogP contribution in [0.2, 0.25) is 10.0 Å². The molecule has 0 spiro atoms. The van der Waals surface area contributed by atoms with Gasteiger partial charge in [-0.2, -0.15) is 8.78 Å². The molecule has 18 heteroatoms. The van der Waals surface area contributed by atoms with Gasteiger partial charge in [-0.05, 0) is 97.6 Å². The molecule has 1 saturated carbocycles. The number of alkyl halides is 2. The van der Waals surface area contributed by atoms with Crippen LogP contribution in [0, 0.1) is 11.8 Å². The van der Waals surface area contributed by atoms with Crippen molar-refractivity contribution in [1.82, 2.24) is 9.62 Å². The zero-order valence-electron chi connectivity index (χ0n) is 32.6. The monoisotopic (exact) mass is 890 g/mol. The Morgan fingerprint density at radius 1 is 0.933 bits per heavy atom. The fourth-order valence-electron chi connectivity index (χ4n) is 7.37. The molecule has 0 amide bonds. The van der Waals surface area contributed by atoms with Crippen molar-refractivity contribution in [3.8, 4) is 11.5 Å². The van der Waals surface area contributed by atoms with E-state index in [1.807, 2.05) is 6.07 Å². The van der Waals surface area contributed by atoms with Gasteiger partial charge in [0.25, 0.3) is 0 Å². The van der Waals surface area contributed by atoms with E-state index < -0.39 is 40.7 Å². The number of carbonyl (C=O) groups is 2. The molecule has 322 valence electrons. The predicted molar refractivity (Wildman–Crippen MR) is 218 cm³/mol. The molecule has 60 heavy (non-hydrogen) atoms. The summed E-state index contributed by atoms with van der Waals surface area (Å²) in [6.45, 7) is -0.379. The number of H-pyrrole nitrogens is 1. The summed E-state index contributed by atoms with van der Waals surface area (Å²) in [5, 5.41) is 3.78. The lowest BCUT2D eigenvalue weighted by Gasteiger charge is -2.44. The van der Waals surface area contributed by atoms with E-state index in [0.717, 1.165) is 45.0 Å². The van der Waals surface area contributed by atoms with E-state index in [1.54, 1.807) is 30.3 Å². The van der Waals surface area contributed by atoms with E-state index in [2.05, 4.69) is 19.9 Å². The third-order valence-corrected chi connectivity index (χ3v) is 12.0. The van der Waals surface area contributed by atoms with Gasteiger partial charge >= 0.3 is 18.6 Å². The Morgan fingerprint density at radius 2 is 1.65 bits per heavy atom. The second kappa shape index (κ2) is 19.9. The summed E-state index contributed by atoms with van der Waals surface area (Å²) in [7, 11) is -3.65. The number of anilines is 1. The third-order valence-electron chi connectivity index (χ3n) is 10.7. The van der Waals surface area contributed by atoms with E-state index in [-0.39, 0.29) is 57.6 Å². The van der Waals surface area contributed by atoms with Crippen LogP contribution < -0.4 is 24.5 Å². The van der Waals surface area contributed by atoms with E-state index >= 15 is 0 Å². The summed E-state index contributed by atoms with van der Waals surface area (Å²) in [4.78, 5) is 33.5. The molecule has 4 aliphatic rings. The number of hydrogen-bond donors (Lipinski definition) is 2. The van der Waals surface area contributed by atoms with Crippen molar-refractivity contribution in [3.05, 3.63) is 117 Å². The number of piperidine rings is 3. The first-order valence-corrected chi connectivity index (χ1v) is 22.0. The first-order valence-electron chi connectivity index (χ1n) is 19.4. The zero-order valence-corrected chi connectivity index (χ0v) is 34.9. The minimum atomic E-state index is -3.65. The zero-order chi connectivity index (χ0) is 41.7. The molecule has 3 aromatic carbocycles. The largest absolute Gasteiger partial charge is 0.870 e. The van der Waals surface area contributed by atoms with Gasteiger partial charge in [-0.15, -0.1) is 0 Å². The number of fused-ring (bicyclic) bond motifs is 3. The van der Waals surface area contributed by atoms with Gasteiger partial charge < -0.3 is 29.7 Å². The number of carbonyl (C=O) groups excluding carboxylic acids is 2. The van der Waals surface area contributed by atoms with Crippen molar-refractivity contribution < 1.29 is 56.2 Å². The molecule has 2 bridgehead atoms.